The molecule has 1 aromatic carbocycles. The van der Waals surface area contributed by atoms with Gasteiger partial charge < -0.3 is 5.32 Å². The summed E-state index contributed by atoms with van der Waals surface area (Å²) in [6.07, 6.45) is 0.677. The van der Waals surface area contributed by atoms with Crippen molar-refractivity contribution in [1.82, 2.24) is 15.1 Å². The minimum absolute atomic E-state index is 0.0325. The van der Waals surface area contributed by atoms with Crippen LogP contribution in [0.5, 0.6) is 0 Å². The van der Waals surface area contributed by atoms with Crippen LogP contribution < -0.4 is 5.32 Å². The number of carbonyl (C=O) groups excluding carboxylic acids is 1. The molecular weight excluding hydrogens is 352 g/mol. The van der Waals surface area contributed by atoms with Gasteiger partial charge in [-0.2, -0.15) is 5.10 Å². The second kappa shape index (κ2) is 7.49. The Morgan fingerprint density at radius 3 is 2.54 bits per heavy atom. The minimum atomic E-state index is -0.494. The normalized spacial score (nSPS) is 10.7. The van der Waals surface area contributed by atoms with Crippen LogP contribution >= 0.6 is 11.3 Å². The smallest absolute Gasteiger partial charge is 0.324 e. The number of nitrogens with zero attached hydrogens (tertiary/aromatic N) is 3. The molecule has 8 heteroatoms. The Kier molecular flexibility index (Phi) is 5.13. The average Bonchev–Trinajstić information content (AvgIpc) is 3.22. The van der Waals surface area contributed by atoms with Crippen molar-refractivity contribution >= 4 is 22.2 Å². The molecule has 0 aliphatic rings. The summed E-state index contributed by atoms with van der Waals surface area (Å²) >= 11 is 0.877. The number of benzene rings is 1. The van der Waals surface area contributed by atoms with Gasteiger partial charge in [0.15, 0.2) is 0 Å². The third-order valence-corrected chi connectivity index (χ3v) is 4.92. The first kappa shape index (κ1) is 17.8. The molecule has 0 spiro atoms. The maximum atomic E-state index is 12.0. The number of amides is 1. The molecule has 2 aromatic heterocycles. The fourth-order valence-corrected chi connectivity index (χ4v) is 3.39. The Morgan fingerprint density at radius 1 is 1.23 bits per heavy atom. The monoisotopic (exact) mass is 370 g/mol. The highest BCUT2D eigenvalue weighted by atomic mass is 32.1. The molecule has 0 radical (unpaired) electrons. The Hall–Kier alpha value is -3.00. The molecule has 0 fully saturated rings. The number of hydrogen-bond acceptors (Lipinski definition) is 5. The summed E-state index contributed by atoms with van der Waals surface area (Å²) in [5, 5.41) is 17.9. The van der Waals surface area contributed by atoms with Crippen LogP contribution in [0.2, 0.25) is 0 Å². The summed E-state index contributed by atoms with van der Waals surface area (Å²) in [7, 11) is 0. The lowest BCUT2D eigenvalue weighted by molar-refractivity contribution is -0.380. The van der Waals surface area contributed by atoms with Crippen molar-refractivity contribution in [3.8, 4) is 5.69 Å². The molecular formula is C18H18N4O3S. The lowest BCUT2D eigenvalue weighted by Gasteiger charge is -2.07. The molecule has 0 saturated carbocycles. The zero-order valence-electron chi connectivity index (χ0n) is 14.4. The number of aryl methyl sites for hydroxylation is 2. The molecule has 3 aromatic rings. The van der Waals surface area contributed by atoms with Crippen molar-refractivity contribution in [3.05, 3.63) is 74.4 Å². The van der Waals surface area contributed by atoms with E-state index in [-0.39, 0.29) is 10.9 Å². The summed E-state index contributed by atoms with van der Waals surface area (Å²) in [6.45, 7) is 4.44. The molecule has 0 atom stereocenters. The first-order valence-corrected chi connectivity index (χ1v) is 8.90. The molecule has 134 valence electrons. The van der Waals surface area contributed by atoms with Crippen LogP contribution in [0.1, 0.15) is 26.6 Å². The average molecular weight is 370 g/mol. The van der Waals surface area contributed by atoms with E-state index < -0.39 is 4.92 Å². The largest absolute Gasteiger partial charge is 0.351 e. The lowest BCUT2D eigenvalue weighted by Crippen LogP contribution is -2.24. The highest BCUT2D eigenvalue weighted by Crippen LogP contribution is 2.23. The van der Waals surface area contributed by atoms with Gasteiger partial charge in [-0.15, -0.1) is 0 Å². The predicted octanol–water partition coefficient (Wildman–Crippen LogP) is 3.43. The van der Waals surface area contributed by atoms with Crippen molar-refractivity contribution in [2.24, 2.45) is 0 Å². The van der Waals surface area contributed by atoms with Crippen molar-refractivity contribution in [2.75, 3.05) is 6.54 Å². The number of nitrogens with one attached hydrogen (secondary N) is 1. The van der Waals surface area contributed by atoms with Gasteiger partial charge in [-0.3, -0.25) is 14.9 Å². The lowest BCUT2D eigenvalue weighted by atomic mass is 10.1. The molecule has 1 N–H and O–H groups in total. The Balaban J connectivity index is 1.55. The van der Waals surface area contributed by atoms with Crippen LogP contribution in [0.25, 0.3) is 5.69 Å². The van der Waals surface area contributed by atoms with Crippen LogP contribution in [-0.4, -0.2) is 27.2 Å². The van der Waals surface area contributed by atoms with E-state index in [0.717, 1.165) is 34.0 Å². The highest BCUT2D eigenvalue weighted by Gasteiger charge is 2.14. The van der Waals surface area contributed by atoms with Gasteiger partial charge in [0, 0.05) is 18.3 Å². The van der Waals surface area contributed by atoms with E-state index in [9.17, 15) is 14.9 Å². The van der Waals surface area contributed by atoms with Crippen molar-refractivity contribution in [2.45, 2.75) is 20.3 Å². The first-order valence-electron chi connectivity index (χ1n) is 8.09. The molecule has 0 bridgehead atoms. The van der Waals surface area contributed by atoms with Gasteiger partial charge in [0.25, 0.3) is 5.91 Å². The summed E-state index contributed by atoms with van der Waals surface area (Å²) in [5.74, 6) is -0.289. The molecule has 3 rings (SSSR count). The summed E-state index contributed by atoms with van der Waals surface area (Å²) in [6, 6.07) is 12.9. The molecule has 0 aliphatic heterocycles. The molecule has 0 saturated heterocycles. The maximum Gasteiger partial charge on any atom is 0.324 e. The van der Waals surface area contributed by atoms with Crippen LogP contribution in [0.4, 0.5) is 5.00 Å². The first-order chi connectivity index (χ1) is 12.4. The van der Waals surface area contributed by atoms with E-state index in [4.69, 9.17) is 0 Å². The third kappa shape index (κ3) is 3.97. The predicted molar refractivity (Wildman–Crippen MR) is 100 cm³/mol. The van der Waals surface area contributed by atoms with Crippen molar-refractivity contribution in [1.29, 1.82) is 0 Å². The van der Waals surface area contributed by atoms with Crippen LogP contribution in [0, 0.1) is 24.0 Å². The number of rotatable bonds is 6. The van der Waals surface area contributed by atoms with Gasteiger partial charge in [0.05, 0.1) is 21.2 Å². The number of carbonyl (C=O) groups is 1. The van der Waals surface area contributed by atoms with Crippen molar-refractivity contribution < 1.29 is 9.72 Å². The van der Waals surface area contributed by atoms with E-state index in [1.807, 2.05) is 48.9 Å². The van der Waals surface area contributed by atoms with Crippen LogP contribution in [0.15, 0.2) is 42.5 Å². The SMILES string of the molecule is Cc1cc(C)n(-c2ccc(CCNC(=O)c3ccc([N+](=O)[O-])s3)cc2)n1. The molecule has 0 aliphatic carbocycles. The summed E-state index contributed by atoms with van der Waals surface area (Å²) in [5.41, 5.74) is 4.14. The molecule has 2 heterocycles. The van der Waals surface area contributed by atoms with Gasteiger partial charge in [0.1, 0.15) is 0 Å². The quantitative estimate of drug-likeness (QED) is 0.532. The Labute approximate surface area is 154 Å². The van der Waals surface area contributed by atoms with E-state index in [1.54, 1.807) is 0 Å². The van der Waals surface area contributed by atoms with Crippen molar-refractivity contribution in [3.63, 3.8) is 0 Å². The van der Waals surface area contributed by atoms with E-state index in [0.29, 0.717) is 17.8 Å². The Morgan fingerprint density at radius 2 is 1.96 bits per heavy atom. The summed E-state index contributed by atoms with van der Waals surface area (Å²) < 4.78 is 1.89. The third-order valence-electron chi connectivity index (χ3n) is 3.89. The van der Waals surface area contributed by atoms with Crippen LogP contribution in [-0.2, 0) is 6.42 Å². The zero-order chi connectivity index (χ0) is 18.7. The minimum Gasteiger partial charge on any atom is -0.351 e. The van der Waals surface area contributed by atoms with Gasteiger partial charge in [-0.05, 0) is 50.1 Å². The molecule has 0 unspecified atom stereocenters. The second-order valence-corrected chi connectivity index (χ2v) is 6.97. The number of aromatic nitrogens is 2. The number of thiophene rings is 1. The van der Waals surface area contributed by atoms with Gasteiger partial charge in [0.2, 0.25) is 0 Å². The fourth-order valence-electron chi connectivity index (χ4n) is 2.65. The second-order valence-electron chi connectivity index (χ2n) is 5.91. The number of hydrogen-bond donors (Lipinski definition) is 1. The number of nitro groups is 1. The Bertz CT molecular complexity index is 944. The van der Waals surface area contributed by atoms with Gasteiger partial charge >= 0.3 is 5.00 Å². The summed E-state index contributed by atoms with van der Waals surface area (Å²) in [4.78, 5) is 22.5. The van der Waals surface area contributed by atoms with E-state index in [2.05, 4.69) is 10.4 Å². The van der Waals surface area contributed by atoms with Crippen LogP contribution in [0.3, 0.4) is 0 Å². The fraction of sp³-hybridized carbons (Fsp3) is 0.222. The maximum absolute atomic E-state index is 12.0. The molecule has 26 heavy (non-hydrogen) atoms. The van der Waals surface area contributed by atoms with Gasteiger partial charge in [-0.1, -0.05) is 23.5 Å². The zero-order valence-corrected chi connectivity index (χ0v) is 15.2. The molecule has 1 amide bonds. The molecule has 7 nitrogen and oxygen atoms in total. The van der Waals surface area contributed by atoms with E-state index in [1.165, 1.54) is 12.1 Å². The highest BCUT2D eigenvalue weighted by molar-refractivity contribution is 7.17. The standard InChI is InChI=1S/C18H18N4O3S/c1-12-11-13(2)21(20-12)15-5-3-14(4-6-15)9-10-19-18(23)16-7-8-17(26-16)22(24)25/h3-8,11H,9-10H2,1-2H3,(H,19,23). The van der Waals surface area contributed by atoms with E-state index >= 15 is 0 Å². The topological polar surface area (TPSA) is 90.1 Å². The van der Waals surface area contributed by atoms with Gasteiger partial charge in [-0.25, -0.2) is 4.68 Å².